The van der Waals surface area contributed by atoms with Gasteiger partial charge in [-0.05, 0) is 13.0 Å². The minimum Gasteiger partial charge on any atom is -0.378 e. The number of aromatic nitrogens is 2. The SMILES string of the molecule is CC(Nc1nnccc1C#N)C(=O)N1CCOCC1. The first kappa shape index (κ1) is 13.2. The van der Waals surface area contributed by atoms with Crippen LogP contribution in [-0.4, -0.2) is 53.3 Å². The Morgan fingerprint density at radius 1 is 1.58 bits per heavy atom. The van der Waals surface area contributed by atoms with Crippen LogP contribution in [0.3, 0.4) is 0 Å². The van der Waals surface area contributed by atoms with Gasteiger partial charge in [0.2, 0.25) is 5.91 Å². The van der Waals surface area contributed by atoms with Gasteiger partial charge < -0.3 is 15.0 Å². The molecule has 1 unspecified atom stereocenters. The molecule has 1 saturated heterocycles. The Balaban J connectivity index is 2.02. The van der Waals surface area contributed by atoms with E-state index in [1.807, 2.05) is 6.07 Å². The fourth-order valence-corrected chi connectivity index (χ4v) is 1.85. The van der Waals surface area contributed by atoms with Gasteiger partial charge in [-0.15, -0.1) is 5.10 Å². The number of hydrogen-bond donors (Lipinski definition) is 1. The second-order valence-corrected chi connectivity index (χ2v) is 4.21. The third-order valence-corrected chi connectivity index (χ3v) is 2.89. The molecule has 0 aromatic carbocycles. The quantitative estimate of drug-likeness (QED) is 0.824. The molecule has 0 radical (unpaired) electrons. The van der Waals surface area contributed by atoms with Gasteiger partial charge in [0.25, 0.3) is 0 Å². The molecule has 1 aromatic rings. The molecule has 7 nitrogen and oxygen atoms in total. The molecule has 2 rings (SSSR count). The summed E-state index contributed by atoms with van der Waals surface area (Å²) >= 11 is 0. The fraction of sp³-hybridized carbons (Fsp3) is 0.500. The summed E-state index contributed by atoms with van der Waals surface area (Å²) in [4.78, 5) is 13.9. The summed E-state index contributed by atoms with van der Waals surface area (Å²) in [5.74, 6) is 0.303. The molecule has 1 fully saturated rings. The standard InChI is InChI=1S/C12H15N5O2/c1-9(12(18)17-4-6-19-7-5-17)15-11-10(8-13)2-3-14-16-11/h2-3,9H,4-7H2,1H3,(H,15,16). The Morgan fingerprint density at radius 3 is 3.00 bits per heavy atom. The van der Waals surface area contributed by atoms with Crippen molar-refractivity contribution in [1.82, 2.24) is 15.1 Å². The highest BCUT2D eigenvalue weighted by molar-refractivity contribution is 5.84. The molecule has 1 N–H and O–H groups in total. The second-order valence-electron chi connectivity index (χ2n) is 4.21. The predicted molar refractivity (Wildman–Crippen MR) is 67.2 cm³/mol. The van der Waals surface area contributed by atoms with Gasteiger partial charge in [0.05, 0.1) is 25.0 Å². The van der Waals surface area contributed by atoms with Gasteiger partial charge >= 0.3 is 0 Å². The highest BCUT2D eigenvalue weighted by atomic mass is 16.5. The molecule has 1 aliphatic rings. The number of nitrogens with zero attached hydrogens (tertiary/aromatic N) is 4. The monoisotopic (exact) mass is 261 g/mol. The van der Waals surface area contributed by atoms with E-state index in [2.05, 4.69) is 15.5 Å². The van der Waals surface area contributed by atoms with Crippen LogP contribution in [0.2, 0.25) is 0 Å². The summed E-state index contributed by atoms with van der Waals surface area (Å²) in [6.07, 6.45) is 1.44. The highest BCUT2D eigenvalue weighted by Gasteiger charge is 2.23. The van der Waals surface area contributed by atoms with Crippen LogP contribution in [0, 0.1) is 11.3 Å². The third kappa shape index (κ3) is 3.17. The maximum atomic E-state index is 12.2. The van der Waals surface area contributed by atoms with Gasteiger partial charge in [0.1, 0.15) is 12.1 Å². The first-order chi connectivity index (χ1) is 9.22. The Hall–Kier alpha value is -2.20. The van der Waals surface area contributed by atoms with Gasteiger partial charge in [-0.3, -0.25) is 4.79 Å². The molecular formula is C12H15N5O2. The zero-order valence-electron chi connectivity index (χ0n) is 10.7. The lowest BCUT2D eigenvalue weighted by Crippen LogP contribution is -2.47. The zero-order valence-corrected chi connectivity index (χ0v) is 10.7. The maximum Gasteiger partial charge on any atom is 0.244 e. The lowest BCUT2D eigenvalue weighted by Gasteiger charge is -2.29. The van der Waals surface area contributed by atoms with Crippen LogP contribution in [0.1, 0.15) is 12.5 Å². The van der Waals surface area contributed by atoms with Gasteiger partial charge in [-0.25, -0.2) is 0 Å². The van der Waals surface area contributed by atoms with E-state index >= 15 is 0 Å². The van der Waals surface area contributed by atoms with Gasteiger partial charge in [0.15, 0.2) is 5.82 Å². The Bertz CT molecular complexity index is 493. The summed E-state index contributed by atoms with van der Waals surface area (Å²) in [7, 11) is 0. The normalized spacial score (nSPS) is 16.5. The molecule has 1 amide bonds. The Kier molecular flexibility index (Phi) is 4.26. The number of hydrogen-bond acceptors (Lipinski definition) is 6. The molecule has 7 heteroatoms. The van der Waals surface area contributed by atoms with E-state index in [1.165, 1.54) is 6.20 Å². The molecule has 0 saturated carbocycles. The van der Waals surface area contributed by atoms with E-state index in [1.54, 1.807) is 17.9 Å². The number of morpholine rings is 1. The molecule has 0 spiro atoms. The van der Waals surface area contributed by atoms with Crippen molar-refractivity contribution < 1.29 is 9.53 Å². The van der Waals surface area contributed by atoms with Crippen LogP contribution >= 0.6 is 0 Å². The van der Waals surface area contributed by atoms with Gasteiger partial charge in [-0.1, -0.05) is 0 Å². The molecule has 0 aliphatic carbocycles. The highest BCUT2D eigenvalue weighted by Crippen LogP contribution is 2.11. The fourth-order valence-electron chi connectivity index (χ4n) is 1.85. The summed E-state index contributed by atoms with van der Waals surface area (Å²) in [6, 6.07) is 3.11. The van der Waals surface area contributed by atoms with Crippen LogP contribution in [0.5, 0.6) is 0 Å². The van der Waals surface area contributed by atoms with E-state index in [0.717, 1.165) is 0 Å². The predicted octanol–water partition coefficient (Wildman–Crippen LogP) is 0.00748. The number of rotatable bonds is 3. The molecular weight excluding hydrogens is 246 g/mol. The molecule has 19 heavy (non-hydrogen) atoms. The summed E-state index contributed by atoms with van der Waals surface area (Å²) in [5, 5.41) is 19.4. The van der Waals surface area contributed by atoms with Crippen LogP contribution in [0.4, 0.5) is 5.82 Å². The molecule has 1 aliphatic heterocycles. The topological polar surface area (TPSA) is 91.1 Å². The smallest absolute Gasteiger partial charge is 0.244 e. The van der Waals surface area contributed by atoms with E-state index in [-0.39, 0.29) is 5.91 Å². The first-order valence-electron chi connectivity index (χ1n) is 6.07. The number of amides is 1. The largest absolute Gasteiger partial charge is 0.378 e. The minimum absolute atomic E-state index is 0.0298. The molecule has 0 bridgehead atoms. The van der Waals surface area contributed by atoms with Crippen molar-refractivity contribution >= 4 is 11.7 Å². The van der Waals surface area contributed by atoms with Gasteiger partial charge in [0, 0.05) is 13.1 Å². The first-order valence-corrected chi connectivity index (χ1v) is 6.07. The molecule has 100 valence electrons. The summed E-state index contributed by atoms with van der Waals surface area (Å²) in [6.45, 7) is 4.06. The zero-order chi connectivity index (χ0) is 13.7. The van der Waals surface area contributed by atoms with Crippen LogP contribution in [0.15, 0.2) is 12.3 Å². The average Bonchev–Trinajstić information content (AvgIpc) is 2.48. The van der Waals surface area contributed by atoms with Crippen molar-refractivity contribution in [3.8, 4) is 6.07 Å². The van der Waals surface area contributed by atoms with Crippen molar-refractivity contribution in [2.24, 2.45) is 0 Å². The number of carbonyl (C=O) groups excluding carboxylic acids is 1. The second kappa shape index (κ2) is 6.11. The summed E-state index contributed by atoms with van der Waals surface area (Å²) in [5.41, 5.74) is 0.372. The number of carbonyl (C=O) groups is 1. The molecule has 1 aromatic heterocycles. The van der Waals surface area contributed by atoms with Crippen molar-refractivity contribution in [3.63, 3.8) is 0 Å². The molecule has 2 heterocycles. The van der Waals surface area contributed by atoms with Crippen molar-refractivity contribution in [2.75, 3.05) is 31.6 Å². The average molecular weight is 261 g/mol. The van der Waals surface area contributed by atoms with Crippen molar-refractivity contribution in [1.29, 1.82) is 5.26 Å². The van der Waals surface area contributed by atoms with E-state index < -0.39 is 6.04 Å². The number of nitrogens with one attached hydrogen (secondary N) is 1. The number of ether oxygens (including phenoxy) is 1. The molecule has 1 atom stereocenters. The van der Waals surface area contributed by atoms with Crippen LogP contribution in [0.25, 0.3) is 0 Å². The summed E-state index contributed by atoms with van der Waals surface area (Å²) < 4.78 is 5.20. The van der Waals surface area contributed by atoms with Crippen molar-refractivity contribution in [2.45, 2.75) is 13.0 Å². The lowest BCUT2D eigenvalue weighted by molar-refractivity contribution is -0.135. The number of anilines is 1. The maximum absolute atomic E-state index is 12.2. The minimum atomic E-state index is -0.457. The van der Waals surface area contributed by atoms with Crippen molar-refractivity contribution in [3.05, 3.63) is 17.8 Å². The van der Waals surface area contributed by atoms with E-state index in [9.17, 15) is 4.79 Å². The lowest BCUT2D eigenvalue weighted by atomic mass is 10.2. The third-order valence-electron chi connectivity index (χ3n) is 2.89. The van der Waals surface area contributed by atoms with Crippen LogP contribution < -0.4 is 5.32 Å². The van der Waals surface area contributed by atoms with E-state index in [4.69, 9.17) is 10.00 Å². The Morgan fingerprint density at radius 2 is 2.32 bits per heavy atom. The van der Waals surface area contributed by atoms with Crippen LogP contribution in [-0.2, 0) is 9.53 Å². The van der Waals surface area contributed by atoms with E-state index in [0.29, 0.717) is 37.7 Å². The van der Waals surface area contributed by atoms with Gasteiger partial charge in [-0.2, -0.15) is 10.4 Å². The Labute approximate surface area is 111 Å². The number of nitriles is 1.